The van der Waals surface area contributed by atoms with E-state index in [0.29, 0.717) is 11.8 Å². The first-order valence-electron chi connectivity index (χ1n) is 7.48. The van der Waals surface area contributed by atoms with Crippen LogP contribution in [0.4, 0.5) is 0 Å². The van der Waals surface area contributed by atoms with Crippen molar-refractivity contribution < 1.29 is 5.11 Å². The maximum Gasteiger partial charge on any atom is 0.120 e. The first kappa shape index (κ1) is 12.9. The van der Waals surface area contributed by atoms with E-state index in [2.05, 4.69) is 23.2 Å². The fraction of sp³-hybridized carbons (Fsp3) is 0.625. The molecule has 0 amide bonds. The van der Waals surface area contributed by atoms with Crippen molar-refractivity contribution in [1.29, 1.82) is 0 Å². The van der Waals surface area contributed by atoms with Crippen molar-refractivity contribution in [2.24, 2.45) is 0 Å². The summed E-state index contributed by atoms with van der Waals surface area (Å²) in [6.07, 6.45) is 5.24. The van der Waals surface area contributed by atoms with Crippen molar-refractivity contribution in [3.05, 3.63) is 29.3 Å². The van der Waals surface area contributed by atoms with Gasteiger partial charge in [0, 0.05) is 30.7 Å². The predicted octanol–water partition coefficient (Wildman–Crippen LogP) is 2.42. The van der Waals surface area contributed by atoms with Crippen LogP contribution in [0.25, 0.3) is 0 Å². The van der Waals surface area contributed by atoms with Gasteiger partial charge in [0.25, 0.3) is 0 Å². The molecule has 1 aromatic carbocycles. The molecule has 3 nitrogen and oxygen atoms in total. The summed E-state index contributed by atoms with van der Waals surface area (Å²) in [4.78, 5) is 2.55. The number of benzene rings is 1. The number of phenols is 1. The molecule has 3 rings (SSSR count). The Balaban J connectivity index is 1.68. The number of nitrogens with zero attached hydrogens (tertiary/aromatic N) is 1. The molecule has 2 N–H and O–H groups in total. The standard InChI is InChI=1S/C16H24N2O/c1-12-4-7-16(19)13(9-12)10-18(15-5-6-15)11-14-3-2-8-17-14/h4,7,9,14-15,17,19H,2-3,5-6,8,10-11H2,1H3. The predicted molar refractivity (Wildman–Crippen MR) is 77.3 cm³/mol. The molecule has 0 radical (unpaired) electrons. The lowest BCUT2D eigenvalue weighted by Crippen LogP contribution is -2.38. The largest absolute Gasteiger partial charge is 0.508 e. The summed E-state index contributed by atoms with van der Waals surface area (Å²) in [7, 11) is 0. The summed E-state index contributed by atoms with van der Waals surface area (Å²) in [6, 6.07) is 7.30. The van der Waals surface area contributed by atoms with E-state index in [1.165, 1.54) is 37.8 Å². The van der Waals surface area contributed by atoms with E-state index in [9.17, 15) is 5.11 Å². The number of phenolic OH excluding ortho intramolecular Hbond substituents is 1. The minimum Gasteiger partial charge on any atom is -0.508 e. The number of hydrogen-bond acceptors (Lipinski definition) is 3. The Morgan fingerprint density at radius 1 is 1.32 bits per heavy atom. The Kier molecular flexibility index (Phi) is 3.76. The average Bonchev–Trinajstić information content (AvgIpc) is 3.12. The van der Waals surface area contributed by atoms with E-state index < -0.39 is 0 Å². The van der Waals surface area contributed by atoms with Gasteiger partial charge in [-0.25, -0.2) is 0 Å². The zero-order valence-corrected chi connectivity index (χ0v) is 11.7. The molecule has 1 aliphatic heterocycles. The van der Waals surface area contributed by atoms with Crippen molar-refractivity contribution in [3.63, 3.8) is 0 Å². The monoisotopic (exact) mass is 260 g/mol. The molecule has 1 saturated carbocycles. The highest BCUT2D eigenvalue weighted by atomic mass is 16.3. The molecule has 1 saturated heterocycles. The van der Waals surface area contributed by atoms with Gasteiger partial charge in [0.2, 0.25) is 0 Å². The van der Waals surface area contributed by atoms with Crippen molar-refractivity contribution in [2.45, 2.75) is 51.2 Å². The second-order valence-electron chi connectivity index (χ2n) is 6.09. The van der Waals surface area contributed by atoms with Crippen molar-refractivity contribution >= 4 is 0 Å². The third-order valence-corrected chi connectivity index (χ3v) is 4.29. The highest BCUT2D eigenvalue weighted by Crippen LogP contribution is 2.31. The molecule has 104 valence electrons. The maximum atomic E-state index is 10.0. The molecule has 2 aliphatic rings. The second kappa shape index (κ2) is 5.51. The Morgan fingerprint density at radius 2 is 2.16 bits per heavy atom. The van der Waals surface area contributed by atoms with Crippen LogP contribution in [0, 0.1) is 6.92 Å². The van der Waals surface area contributed by atoms with Crippen LogP contribution in [0.15, 0.2) is 18.2 Å². The molecule has 1 aromatic rings. The number of aromatic hydroxyl groups is 1. The van der Waals surface area contributed by atoms with E-state index in [1.807, 2.05) is 12.1 Å². The van der Waals surface area contributed by atoms with Gasteiger partial charge >= 0.3 is 0 Å². The fourth-order valence-electron chi connectivity index (χ4n) is 3.04. The summed E-state index contributed by atoms with van der Waals surface area (Å²) >= 11 is 0. The molecule has 19 heavy (non-hydrogen) atoms. The van der Waals surface area contributed by atoms with E-state index in [-0.39, 0.29) is 0 Å². The van der Waals surface area contributed by atoms with Crippen LogP contribution < -0.4 is 5.32 Å². The van der Waals surface area contributed by atoms with Gasteiger partial charge in [0.15, 0.2) is 0 Å². The molecule has 0 spiro atoms. The second-order valence-corrected chi connectivity index (χ2v) is 6.09. The number of hydrogen-bond donors (Lipinski definition) is 2. The summed E-state index contributed by atoms with van der Waals surface area (Å²) in [5.41, 5.74) is 2.30. The smallest absolute Gasteiger partial charge is 0.120 e. The molecule has 0 aromatic heterocycles. The highest BCUT2D eigenvalue weighted by Gasteiger charge is 2.31. The normalized spacial score (nSPS) is 23.2. The minimum atomic E-state index is 0.440. The lowest BCUT2D eigenvalue weighted by atomic mass is 10.1. The molecule has 3 heteroatoms. The molecular formula is C16H24N2O. The third-order valence-electron chi connectivity index (χ3n) is 4.29. The molecular weight excluding hydrogens is 236 g/mol. The minimum absolute atomic E-state index is 0.440. The van der Waals surface area contributed by atoms with Gasteiger partial charge in [-0.3, -0.25) is 4.90 Å². The van der Waals surface area contributed by atoms with Gasteiger partial charge in [0.05, 0.1) is 0 Å². The third kappa shape index (κ3) is 3.28. The Bertz CT molecular complexity index is 436. The SMILES string of the molecule is Cc1ccc(O)c(CN(CC2CCCN2)C2CC2)c1. The molecule has 1 aliphatic carbocycles. The topological polar surface area (TPSA) is 35.5 Å². The van der Waals surface area contributed by atoms with Crippen molar-refractivity contribution in [1.82, 2.24) is 10.2 Å². The van der Waals surface area contributed by atoms with Crippen LogP contribution in [-0.2, 0) is 6.54 Å². The van der Waals surface area contributed by atoms with Gasteiger partial charge in [-0.05, 0) is 45.2 Å². The van der Waals surface area contributed by atoms with E-state index >= 15 is 0 Å². The van der Waals surface area contributed by atoms with Gasteiger partial charge in [-0.2, -0.15) is 0 Å². The summed E-state index contributed by atoms with van der Waals surface area (Å²) in [6.45, 7) is 5.26. The van der Waals surface area contributed by atoms with E-state index in [4.69, 9.17) is 0 Å². The van der Waals surface area contributed by atoms with Crippen LogP contribution in [0.5, 0.6) is 5.75 Å². The van der Waals surface area contributed by atoms with Gasteiger partial charge in [-0.1, -0.05) is 17.7 Å². The number of rotatable bonds is 5. The summed E-state index contributed by atoms with van der Waals surface area (Å²) < 4.78 is 0. The average molecular weight is 260 g/mol. The Morgan fingerprint density at radius 3 is 2.84 bits per heavy atom. The van der Waals surface area contributed by atoms with Crippen LogP contribution in [0.3, 0.4) is 0 Å². The van der Waals surface area contributed by atoms with Gasteiger partial charge in [-0.15, -0.1) is 0 Å². The number of nitrogens with one attached hydrogen (secondary N) is 1. The van der Waals surface area contributed by atoms with Crippen LogP contribution in [-0.4, -0.2) is 35.2 Å². The first-order chi connectivity index (χ1) is 9.22. The zero-order chi connectivity index (χ0) is 13.2. The summed E-state index contributed by atoms with van der Waals surface area (Å²) in [5.74, 6) is 0.440. The summed E-state index contributed by atoms with van der Waals surface area (Å²) in [5, 5.41) is 13.6. The molecule has 2 fully saturated rings. The van der Waals surface area contributed by atoms with Crippen LogP contribution in [0.2, 0.25) is 0 Å². The van der Waals surface area contributed by atoms with Crippen LogP contribution >= 0.6 is 0 Å². The van der Waals surface area contributed by atoms with Gasteiger partial charge < -0.3 is 10.4 Å². The Hall–Kier alpha value is -1.06. The highest BCUT2D eigenvalue weighted by molar-refractivity contribution is 5.35. The van der Waals surface area contributed by atoms with E-state index in [1.54, 1.807) is 0 Å². The number of aryl methyl sites for hydroxylation is 1. The molecule has 0 bridgehead atoms. The molecule has 1 atom stereocenters. The van der Waals surface area contributed by atoms with Crippen molar-refractivity contribution in [3.8, 4) is 5.75 Å². The Labute approximate surface area is 115 Å². The zero-order valence-electron chi connectivity index (χ0n) is 11.7. The molecule has 1 unspecified atom stereocenters. The lowest BCUT2D eigenvalue weighted by molar-refractivity contribution is 0.228. The fourth-order valence-corrected chi connectivity index (χ4v) is 3.04. The maximum absolute atomic E-state index is 10.0. The first-order valence-corrected chi connectivity index (χ1v) is 7.48. The van der Waals surface area contributed by atoms with Gasteiger partial charge in [0.1, 0.15) is 5.75 Å². The van der Waals surface area contributed by atoms with Crippen molar-refractivity contribution in [2.75, 3.05) is 13.1 Å². The van der Waals surface area contributed by atoms with Crippen LogP contribution in [0.1, 0.15) is 36.8 Å². The lowest BCUT2D eigenvalue weighted by Gasteiger charge is -2.26. The molecule has 1 heterocycles. The quantitative estimate of drug-likeness (QED) is 0.853. The van der Waals surface area contributed by atoms with E-state index in [0.717, 1.165) is 24.7 Å².